The maximum Gasteiger partial charge on any atom is 0.0989 e. The van der Waals surface area contributed by atoms with Crippen molar-refractivity contribution in [3.8, 4) is 12.1 Å². The molecule has 60 valence electrons. The van der Waals surface area contributed by atoms with Gasteiger partial charge in [-0.2, -0.15) is 10.5 Å². The molecule has 0 amide bonds. The van der Waals surface area contributed by atoms with E-state index >= 15 is 0 Å². The summed E-state index contributed by atoms with van der Waals surface area (Å²) in [6, 6.07) is 3.83. The molecule has 0 saturated carbocycles. The van der Waals surface area contributed by atoms with Gasteiger partial charge in [0.25, 0.3) is 0 Å². The smallest absolute Gasteiger partial charge is 0.0989 e. The number of nitriles is 2. The summed E-state index contributed by atoms with van der Waals surface area (Å²) in [6.07, 6.45) is 3.25. The molecule has 0 aliphatic heterocycles. The summed E-state index contributed by atoms with van der Waals surface area (Å²) < 4.78 is 0. The second-order valence-electron chi connectivity index (χ2n) is 3.03. The van der Waals surface area contributed by atoms with E-state index in [4.69, 9.17) is 10.5 Å². The molecule has 0 heterocycles. The number of hydrogen-bond donors (Lipinski definition) is 1. The Bertz CT molecular complexity index is 337. The Hall–Kier alpha value is -1.58. The summed E-state index contributed by atoms with van der Waals surface area (Å²) in [5.41, 5.74) is -0.257. The van der Waals surface area contributed by atoms with E-state index in [0.717, 1.165) is 0 Å². The van der Waals surface area contributed by atoms with Crippen LogP contribution in [0.15, 0.2) is 23.3 Å². The van der Waals surface area contributed by atoms with E-state index in [1.807, 2.05) is 12.1 Å². The standard InChI is InChI=1S/C9H8N2O/c1-9(12)3-7(5-10)2-8(4-9)6-11/h2-3,12H,4H2,1H3. The van der Waals surface area contributed by atoms with E-state index in [2.05, 4.69) is 0 Å². The Morgan fingerprint density at radius 2 is 2.17 bits per heavy atom. The summed E-state index contributed by atoms with van der Waals surface area (Å²) >= 11 is 0. The Morgan fingerprint density at radius 3 is 2.67 bits per heavy atom. The second-order valence-corrected chi connectivity index (χ2v) is 3.03. The lowest BCUT2D eigenvalue weighted by molar-refractivity contribution is 0.111. The van der Waals surface area contributed by atoms with Crippen LogP contribution in [-0.4, -0.2) is 10.7 Å². The highest BCUT2D eigenvalue weighted by Crippen LogP contribution is 2.25. The van der Waals surface area contributed by atoms with Gasteiger partial charge in [-0.1, -0.05) is 0 Å². The zero-order valence-electron chi connectivity index (χ0n) is 6.70. The van der Waals surface area contributed by atoms with Crippen LogP contribution in [-0.2, 0) is 0 Å². The SMILES string of the molecule is CC1(O)C=C(C#N)C=C(C#N)C1. The highest BCUT2D eigenvalue weighted by molar-refractivity contribution is 5.45. The average Bonchev–Trinajstić information content (AvgIpc) is 2.01. The van der Waals surface area contributed by atoms with E-state index in [1.165, 1.54) is 12.2 Å². The lowest BCUT2D eigenvalue weighted by Crippen LogP contribution is -2.24. The van der Waals surface area contributed by atoms with Crippen molar-refractivity contribution in [1.82, 2.24) is 0 Å². The van der Waals surface area contributed by atoms with Gasteiger partial charge in [-0.25, -0.2) is 0 Å². The molecule has 1 atom stereocenters. The third-order valence-electron chi connectivity index (χ3n) is 1.62. The number of rotatable bonds is 0. The maximum atomic E-state index is 9.56. The highest BCUT2D eigenvalue weighted by Gasteiger charge is 2.23. The van der Waals surface area contributed by atoms with Gasteiger partial charge in [0, 0.05) is 12.0 Å². The number of nitrogens with zero attached hydrogens (tertiary/aromatic N) is 2. The molecule has 0 aromatic heterocycles. The van der Waals surface area contributed by atoms with E-state index in [0.29, 0.717) is 11.1 Å². The molecule has 3 nitrogen and oxygen atoms in total. The van der Waals surface area contributed by atoms with Crippen LogP contribution in [0.1, 0.15) is 13.3 Å². The fraction of sp³-hybridized carbons (Fsp3) is 0.333. The molecule has 3 heteroatoms. The average molecular weight is 160 g/mol. The van der Waals surface area contributed by atoms with Crippen molar-refractivity contribution in [1.29, 1.82) is 10.5 Å². The lowest BCUT2D eigenvalue weighted by Gasteiger charge is -2.21. The van der Waals surface area contributed by atoms with E-state index in [1.54, 1.807) is 6.92 Å². The first kappa shape index (κ1) is 8.52. The third-order valence-corrected chi connectivity index (χ3v) is 1.62. The van der Waals surface area contributed by atoms with Crippen LogP contribution in [0.3, 0.4) is 0 Å². The summed E-state index contributed by atoms with van der Waals surface area (Å²) in [5.74, 6) is 0. The van der Waals surface area contributed by atoms with Gasteiger partial charge in [-0.3, -0.25) is 0 Å². The minimum absolute atomic E-state index is 0.286. The molecule has 0 spiro atoms. The van der Waals surface area contributed by atoms with E-state index in [9.17, 15) is 5.11 Å². The zero-order valence-corrected chi connectivity index (χ0v) is 6.70. The first-order chi connectivity index (χ1) is 5.57. The van der Waals surface area contributed by atoms with Gasteiger partial charge < -0.3 is 5.11 Å². The lowest BCUT2D eigenvalue weighted by atomic mass is 9.89. The van der Waals surface area contributed by atoms with Crippen LogP contribution < -0.4 is 0 Å². The molecular weight excluding hydrogens is 152 g/mol. The summed E-state index contributed by atoms with van der Waals surface area (Å²) in [4.78, 5) is 0. The van der Waals surface area contributed by atoms with Crippen LogP contribution in [0.2, 0.25) is 0 Å². The van der Waals surface area contributed by atoms with Crippen molar-refractivity contribution in [3.63, 3.8) is 0 Å². The van der Waals surface area contributed by atoms with E-state index < -0.39 is 5.60 Å². The molecule has 1 aliphatic rings. The summed E-state index contributed by atoms with van der Waals surface area (Å²) in [6.45, 7) is 1.58. The van der Waals surface area contributed by atoms with Gasteiger partial charge >= 0.3 is 0 Å². The maximum absolute atomic E-state index is 9.56. The van der Waals surface area contributed by atoms with Crippen molar-refractivity contribution in [2.75, 3.05) is 0 Å². The quantitative estimate of drug-likeness (QED) is 0.575. The van der Waals surface area contributed by atoms with Gasteiger partial charge in [0.1, 0.15) is 0 Å². The minimum atomic E-state index is -1.05. The molecule has 0 saturated heterocycles. The topological polar surface area (TPSA) is 67.8 Å². The molecule has 0 aromatic carbocycles. The van der Waals surface area contributed by atoms with Crippen molar-refractivity contribution in [3.05, 3.63) is 23.3 Å². The Kier molecular flexibility index (Phi) is 1.99. The molecule has 1 unspecified atom stereocenters. The fourth-order valence-electron chi connectivity index (χ4n) is 1.19. The second kappa shape index (κ2) is 2.81. The summed E-state index contributed by atoms with van der Waals surface area (Å²) in [7, 11) is 0. The molecule has 12 heavy (non-hydrogen) atoms. The molecule has 1 rings (SSSR count). The predicted molar refractivity (Wildman–Crippen MR) is 42.6 cm³/mol. The van der Waals surface area contributed by atoms with Gasteiger partial charge in [-0.05, 0) is 19.1 Å². The summed E-state index contributed by atoms with van der Waals surface area (Å²) in [5, 5.41) is 26.7. The van der Waals surface area contributed by atoms with Crippen molar-refractivity contribution >= 4 is 0 Å². The normalized spacial score (nSPS) is 28.0. The minimum Gasteiger partial charge on any atom is -0.386 e. The van der Waals surface area contributed by atoms with E-state index in [-0.39, 0.29) is 6.42 Å². The molecule has 0 fully saturated rings. The Balaban J connectivity index is 3.06. The van der Waals surface area contributed by atoms with Crippen molar-refractivity contribution < 1.29 is 5.11 Å². The first-order valence-electron chi connectivity index (χ1n) is 3.53. The molecule has 1 N–H and O–H groups in total. The molecule has 1 aliphatic carbocycles. The molecule has 0 bridgehead atoms. The molecular formula is C9H8N2O. The van der Waals surface area contributed by atoms with Crippen LogP contribution in [0.5, 0.6) is 0 Å². The zero-order chi connectivity index (χ0) is 9.19. The fourth-order valence-corrected chi connectivity index (χ4v) is 1.19. The van der Waals surface area contributed by atoms with Crippen LogP contribution in [0.4, 0.5) is 0 Å². The van der Waals surface area contributed by atoms with Crippen LogP contribution in [0.25, 0.3) is 0 Å². The van der Waals surface area contributed by atoms with Gasteiger partial charge in [-0.15, -0.1) is 0 Å². The van der Waals surface area contributed by atoms with Gasteiger partial charge in [0.2, 0.25) is 0 Å². The third kappa shape index (κ3) is 1.72. The number of allylic oxidation sites excluding steroid dienone is 2. The van der Waals surface area contributed by atoms with Crippen molar-refractivity contribution in [2.24, 2.45) is 0 Å². The number of hydrogen-bond acceptors (Lipinski definition) is 3. The first-order valence-corrected chi connectivity index (χ1v) is 3.53. The Labute approximate surface area is 70.9 Å². The van der Waals surface area contributed by atoms with Crippen LogP contribution >= 0.6 is 0 Å². The largest absolute Gasteiger partial charge is 0.386 e. The monoisotopic (exact) mass is 160 g/mol. The van der Waals surface area contributed by atoms with Gasteiger partial charge in [0.05, 0.1) is 23.3 Å². The predicted octanol–water partition coefficient (Wildman–Crippen LogP) is 1.04. The molecule has 0 aromatic rings. The van der Waals surface area contributed by atoms with Crippen molar-refractivity contribution in [2.45, 2.75) is 18.9 Å². The highest BCUT2D eigenvalue weighted by atomic mass is 16.3. The Morgan fingerprint density at radius 1 is 1.50 bits per heavy atom. The molecule has 0 radical (unpaired) electrons. The number of aliphatic hydroxyl groups is 1. The van der Waals surface area contributed by atoms with Gasteiger partial charge in [0.15, 0.2) is 0 Å². The van der Waals surface area contributed by atoms with Crippen LogP contribution in [0, 0.1) is 22.7 Å².